The Bertz CT molecular complexity index is 778. The highest BCUT2D eigenvalue weighted by Gasteiger charge is 2.11. The molecule has 1 heterocycles. The van der Waals surface area contributed by atoms with Crippen molar-refractivity contribution in [3.63, 3.8) is 0 Å². The number of oxazole rings is 1. The van der Waals surface area contributed by atoms with Crippen LogP contribution in [0, 0.1) is 0 Å². The summed E-state index contributed by atoms with van der Waals surface area (Å²) >= 11 is 0. The summed E-state index contributed by atoms with van der Waals surface area (Å²) in [6.07, 6.45) is 1.61. The molecule has 0 spiro atoms. The quantitative estimate of drug-likeness (QED) is 0.733. The highest BCUT2D eigenvalue weighted by Crippen LogP contribution is 2.20. The molecule has 0 atom stereocenters. The minimum Gasteiger partial charge on any atom is -0.452 e. The van der Waals surface area contributed by atoms with Crippen LogP contribution in [0.25, 0.3) is 11.3 Å². The fraction of sp³-hybridized carbons (Fsp3) is 0.111. The molecule has 5 heteroatoms. The first kappa shape index (κ1) is 15.0. The van der Waals surface area contributed by atoms with E-state index in [0.717, 1.165) is 11.1 Å². The van der Waals surface area contributed by atoms with E-state index in [4.69, 9.17) is 14.3 Å². The van der Waals surface area contributed by atoms with E-state index in [9.17, 15) is 4.79 Å². The van der Waals surface area contributed by atoms with Crippen molar-refractivity contribution < 1.29 is 19.1 Å². The van der Waals surface area contributed by atoms with Crippen LogP contribution in [0.5, 0.6) is 0 Å². The lowest BCUT2D eigenvalue weighted by molar-refractivity contribution is 0.0439. The Kier molecular flexibility index (Phi) is 4.49. The largest absolute Gasteiger partial charge is 0.452 e. The molecule has 0 fully saturated rings. The summed E-state index contributed by atoms with van der Waals surface area (Å²) < 4.78 is 10.8. The maximum Gasteiger partial charge on any atom is 0.338 e. The van der Waals surface area contributed by atoms with E-state index in [-0.39, 0.29) is 13.2 Å². The lowest BCUT2D eigenvalue weighted by Gasteiger charge is -2.03. The van der Waals surface area contributed by atoms with Crippen molar-refractivity contribution in [2.45, 2.75) is 13.2 Å². The molecule has 23 heavy (non-hydrogen) atoms. The lowest BCUT2D eigenvalue weighted by Crippen LogP contribution is -2.05. The van der Waals surface area contributed by atoms with Gasteiger partial charge in [0.05, 0.1) is 18.4 Å². The molecule has 0 saturated heterocycles. The van der Waals surface area contributed by atoms with Crippen LogP contribution in [-0.4, -0.2) is 16.1 Å². The highest BCUT2D eigenvalue weighted by molar-refractivity contribution is 5.89. The summed E-state index contributed by atoms with van der Waals surface area (Å²) in [5.41, 5.74) is 2.07. The predicted octanol–water partition coefficient (Wildman–Crippen LogP) is 3.19. The van der Waals surface area contributed by atoms with Gasteiger partial charge in [0.15, 0.2) is 12.4 Å². The van der Waals surface area contributed by atoms with Crippen LogP contribution in [0.1, 0.15) is 21.8 Å². The minimum absolute atomic E-state index is 0.0343. The fourth-order valence-corrected chi connectivity index (χ4v) is 2.07. The van der Waals surface area contributed by atoms with Crippen LogP contribution >= 0.6 is 0 Å². The zero-order valence-electron chi connectivity index (χ0n) is 12.3. The summed E-state index contributed by atoms with van der Waals surface area (Å²) in [7, 11) is 0. The van der Waals surface area contributed by atoms with Gasteiger partial charge in [-0.25, -0.2) is 9.78 Å². The Balaban J connectivity index is 1.62. The second kappa shape index (κ2) is 6.89. The van der Waals surface area contributed by atoms with Crippen LogP contribution in [0.2, 0.25) is 0 Å². The van der Waals surface area contributed by atoms with Crippen LogP contribution in [0.3, 0.4) is 0 Å². The number of ether oxygens (including phenoxy) is 1. The van der Waals surface area contributed by atoms with Crippen LogP contribution in [0.15, 0.2) is 65.2 Å². The first-order valence-corrected chi connectivity index (χ1v) is 7.13. The van der Waals surface area contributed by atoms with Gasteiger partial charge in [0, 0.05) is 5.56 Å². The van der Waals surface area contributed by atoms with Crippen molar-refractivity contribution in [2.24, 2.45) is 0 Å². The SMILES string of the molecule is O=C(OCc1ncc(-c2ccccc2)o1)c1ccc(CO)cc1. The predicted molar refractivity (Wildman–Crippen MR) is 83.4 cm³/mol. The summed E-state index contributed by atoms with van der Waals surface area (Å²) in [6, 6.07) is 16.1. The van der Waals surface area contributed by atoms with Crippen LogP contribution < -0.4 is 0 Å². The lowest BCUT2D eigenvalue weighted by atomic mass is 10.1. The molecule has 1 aromatic heterocycles. The molecule has 3 aromatic rings. The van der Waals surface area contributed by atoms with E-state index >= 15 is 0 Å². The van der Waals surface area contributed by atoms with Crippen LogP contribution in [0.4, 0.5) is 0 Å². The Morgan fingerprint density at radius 1 is 1.09 bits per heavy atom. The Labute approximate surface area is 133 Å². The average molecular weight is 309 g/mol. The molecule has 116 valence electrons. The van der Waals surface area contributed by atoms with Gasteiger partial charge in [0.25, 0.3) is 0 Å². The molecule has 2 aromatic carbocycles. The van der Waals surface area contributed by atoms with Crippen LogP contribution in [-0.2, 0) is 18.0 Å². The van der Waals surface area contributed by atoms with Crippen molar-refractivity contribution in [3.8, 4) is 11.3 Å². The number of carbonyl (C=O) groups excluding carboxylic acids is 1. The van der Waals surface area contributed by atoms with Crippen molar-refractivity contribution in [2.75, 3.05) is 0 Å². The van der Waals surface area contributed by atoms with E-state index in [0.29, 0.717) is 17.2 Å². The number of carbonyl (C=O) groups is 1. The van der Waals surface area contributed by atoms with Crippen molar-refractivity contribution >= 4 is 5.97 Å². The van der Waals surface area contributed by atoms with Crippen molar-refractivity contribution in [1.82, 2.24) is 4.98 Å². The number of esters is 1. The van der Waals surface area contributed by atoms with Gasteiger partial charge in [-0.15, -0.1) is 0 Å². The molecule has 3 rings (SSSR count). The zero-order valence-corrected chi connectivity index (χ0v) is 12.3. The van der Waals surface area contributed by atoms with E-state index in [1.165, 1.54) is 0 Å². The third kappa shape index (κ3) is 3.64. The number of hydrogen-bond donors (Lipinski definition) is 1. The van der Waals surface area contributed by atoms with Crippen molar-refractivity contribution in [3.05, 3.63) is 77.8 Å². The number of rotatable bonds is 5. The molecule has 0 saturated carbocycles. The molecule has 0 unspecified atom stereocenters. The monoisotopic (exact) mass is 309 g/mol. The third-order valence-electron chi connectivity index (χ3n) is 3.31. The number of benzene rings is 2. The van der Waals surface area contributed by atoms with Gasteiger partial charge in [0.2, 0.25) is 5.89 Å². The summed E-state index contributed by atoms with van der Waals surface area (Å²) in [5.74, 6) is 0.502. The smallest absolute Gasteiger partial charge is 0.338 e. The molecule has 0 amide bonds. The van der Waals surface area contributed by atoms with Gasteiger partial charge in [-0.2, -0.15) is 0 Å². The third-order valence-corrected chi connectivity index (χ3v) is 3.31. The first-order chi connectivity index (χ1) is 11.3. The fourth-order valence-electron chi connectivity index (χ4n) is 2.07. The number of aromatic nitrogens is 1. The van der Waals surface area contributed by atoms with Gasteiger partial charge < -0.3 is 14.3 Å². The van der Waals surface area contributed by atoms with Gasteiger partial charge in [-0.1, -0.05) is 42.5 Å². The molecular weight excluding hydrogens is 294 g/mol. The standard InChI is InChI=1S/C18H15NO4/c20-11-13-6-8-15(9-7-13)18(21)22-12-17-19-10-16(23-17)14-4-2-1-3-5-14/h1-10,20H,11-12H2. The number of hydrogen-bond acceptors (Lipinski definition) is 5. The molecule has 0 bridgehead atoms. The highest BCUT2D eigenvalue weighted by atomic mass is 16.5. The van der Waals surface area contributed by atoms with Gasteiger partial charge >= 0.3 is 5.97 Å². The summed E-state index contributed by atoms with van der Waals surface area (Å²) in [5, 5.41) is 8.98. The summed E-state index contributed by atoms with van der Waals surface area (Å²) in [4.78, 5) is 16.0. The Hall–Kier alpha value is -2.92. The zero-order chi connectivity index (χ0) is 16.1. The molecule has 1 N–H and O–H groups in total. The van der Waals surface area contributed by atoms with Crippen molar-refractivity contribution in [1.29, 1.82) is 0 Å². The topological polar surface area (TPSA) is 72.6 Å². The number of aliphatic hydroxyl groups excluding tert-OH is 1. The minimum atomic E-state index is -0.464. The molecule has 5 nitrogen and oxygen atoms in total. The second-order valence-corrected chi connectivity index (χ2v) is 4.92. The average Bonchev–Trinajstić information content (AvgIpc) is 3.09. The molecule has 0 aliphatic rings. The van der Waals surface area contributed by atoms with E-state index < -0.39 is 5.97 Å². The molecule has 0 radical (unpaired) electrons. The van der Waals surface area contributed by atoms with E-state index in [2.05, 4.69) is 4.98 Å². The van der Waals surface area contributed by atoms with Gasteiger partial charge in [-0.3, -0.25) is 0 Å². The van der Waals surface area contributed by atoms with E-state index in [1.54, 1.807) is 30.5 Å². The maximum atomic E-state index is 11.9. The first-order valence-electron chi connectivity index (χ1n) is 7.13. The van der Waals surface area contributed by atoms with Gasteiger partial charge in [0.1, 0.15) is 0 Å². The van der Waals surface area contributed by atoms with E-state index in [1.807, 2.05) is 30.3 Å². The molecule has 0 aliphatic heterocycles. The van der Waals surface area contributed by atoms with Gasteiger partial charge in [-0.05, 0) is 17.7 Å². The maximum absolute atomic E-state index is 11.9. The molecular formula is C18H15NO4. The second-order valence-electron chi connectivity index (χ2n) is 4.92. The molecule has 0 aliphatic carbocycles. The number of nitrogens with zero attached hydrogens (tertiary/aromatic N) is 1. The Morgan fingerprint density at radius 3 is 2.52 bits per heavy atom. The normalized spacial score (nSPS) is 10.5. The number of aliphatic hydroxyl groups is 1. The summed E-state index contributed by atoms with van der Waals surface area (Å²) in [6.45, 7) is -0.0959. The Morgan fingerprint density at radius 2 is 1.83 bits per heavy atom.